The van der Waals surface area contributed by atoms with E-state index in [-0.39, 0.29) is 151 Å². The molecule has 0 radical (unpaired) electrons. The molecule has 7 aromatic carbocycles. The zero-order valence-corrected chi connectivity index (χ0v) is 49.4. The maximum atomic E-state index is 13.3. The molecule has 0 atom stereocenters. The number of azo groups is 2. The summed E-state index contributed by atoms with van der Waals surface area (Å²) in [6.07, 6.45) is 0. The fraction of sp³-hybridized carbons (Fsp3) is 0.116. The predicted molar refractivity (Wildman–Crippen MR) is 230 cm³/mol. The Bertz CT molecular complexity index is 3470. The third-order valence-electron chi connectivity index (χ3n) is 10.6. The second-order valence-electron chi connectivity index (χ2n) is 15.0. The molecule has 0 aliphatic rings. The Morgan fingerprint density at radius 2 is 0.826 bits per heavy atom. The normalized spacial score (nSPS) is 12.6. The van der Waals surface area contributed by atoms with Crippen molar-refractivity contribution in [1.29, 1.82) is 0 Å². The summed E-state index contributed by atoms with van der Waals surface area (Å²) in [5, 5.41) is 42.9. The van der Waals surface area contributed by atoms with E-state index in [0.717, 1.165) is 65.2 Å². The van der Waals surface area contributed by atoms with Crippen molar-refractivity contribution in [3.05, 3.63) is 142 Å². The van der Waals surface area contributed by atoms with Crippen molar-refractivity contribution in [2.45, 2.75) is 53.2 Å². The number of nitrogens with zero attached hydrogens (tertiary/aromatic N) is 4. The SMILES string of the molecule is Cc1cc(C(c2ccccc2)c2cc(C)c(N=Nc3c([O-])c(S(=O)(=O)O)cc4cc(S(=O)(=O)[O-])ccc34)cc2C)c(C)cc1N=Nc1c([O-])c(S(=O)(=O)O)cc2cc(S(=O)(=O)[O-])ccc12.[Na+].[Na+].[Na+].[Na+]. The number of benzene rings is 7. The van der Waals surface area contributed by atoms with Crippen LogP contribution in [0.25, 0.3) is 21.5 Å². The van der Waals surface area contributed by atoms with E-state index in [9.17, 15) is 62.1 Å². The number of fused-ring (bicyclic) bond motifs is 2. The van der Waals surface area contributed by atoms with Gasteiger partial charge in [0, 0.05) is 16.7 Å². The van der Waals surface area contributed by atoms with Crippen LogP contribution in [0, 0.1) is 27.7 Å². The molecule has 0 amide bonds. The van der Waals surface area contributed by atoms with Gasteiger partial charge < -0.3 is 19.3 Å². The fourth-order valence-corrected chi connectivity index (χ4v) is 9.63. The first-order valence-electron chi connectivity index (χ1n) is 18.8. The van der Waals surface area contributed by atoms with Gasteiger partial charge in [-0.2, -0.15) is 37.3 Å². The summed E-state index contributed by atoms with van der Waals surface area (Å²) < 4.78 is 138. The minimum absolute atomic E-state index is 0. The smallest absolute Gasteiger partial charge is 0.870 e. The Morgan fingerprint density at radius 1 is 0.464 bits per heavy atom. The van der Waals surface area contributed by atoms with Gasteiger partial charge in [-0.25, -0.2) is 16.8 Å². The summed E-state index contributed by atoms with van der Waals surface area (Å²) in [7, 11) is -20.2. The molecular formula is C43H32N4Na4O14S4. The van der Waals surface area contributed by atoms with E-state index in [2.05, 4.69) is 20.5 Å². The van der Waals surface area contributed by atoms with Gasteiger partial charge >= 0.3 is 118 Å². The van der Waals surface area contributed by atoms with Gasteiger partial charge in [-0.15, -0.1) is 0 Å². The molecule has 69 heavy (non-hydrogen) atoms. The van der Waals surface area contributed by atoms with Crippen molar-refractivity contribution < 1.29 is 180 Å². The van der Waals surface area contributed by atoms with E-state index in [1.807, 2.05) is 56.3 Å². The standard InChI is InChI=1S/C43H36N4O14S4.4Na/c1-22-16-35(44-46-40-31-12-10-29(62(50,51)52)18-27(31)20-37(42(40)48)64(56,57)58)24(3)14-33(22)39(26-8-6-5-7-9-26)34-15-25(4)36(17-23(34)2)45-47-41-32-13-11-30(63(53,54)55)19-28(32)21-38(43(41)49)65(59,60)61;;;;/h5-21,39,48-49H,1-4H3,(H,50,51,52)(H,53,54,55)(H,56,57,58)(H,59,60,61);;;;/q;4*+1/p-4. The van der Waals surface area contributed by atoms with Gasteiger partial charge in [0.1, 0.15) is 20.2 Å². The number of aryl methyl sites for hydroxylation is 4. The van der Waals surface area contributed by atoms with Crippen molar-refractivity contribution in [2.24, 2.45) is 20.5 Å². The minimum Gasteiger partial charge on any atom is -0.870 e. The first-order valence-corrected chi connectivity index (χ1v) is 24.5. The van der Waals surface area contributed by atoms with E-state index < -0.39 is 88.8 Å². The van der Waals surface area contributed by atoms with Crippen molar-refractivity contribution in [2.75, 3.05) is 0 Å². The van der Waals surface area contributed by atoms with Crippen LogP contribution in [0.2, 0.25) is 0 Å². The van der Waals surface area contributed by atoms with Gasteiger partial charge in [-0.05, 0) is 126 Å². The molecule has 0 aliphatic carbocycles. The van der Waals surface area contributed by atoms with Crippen LogP contribution < -0.4 is 128 Å². The summed E-state index contributed by atoms with van der Waals surface area (Å²) in [5.41, 5.74) is 4.46. The van der Waals surface area contributed by atoms with Crippen molar-refractivity contribution in [1.82, 2.24) is 0 Å². The fourth-order valence-electron chi connectivity index (χ4n) is 7.40. The Balaban J connectivity index is 0.00000315. The summed E-state index contributed by atoms with van der Waals surface area (Å²) in [6.45, 7) is 7.08. The third-order valence-corrected chi connectivity index (χ3v) is 14.0. The molecule has 7 rings (SSSR count). The Labute approximate surface area is 485 Å². The first-order chi connectivity index (χ1) is 30.2. The van der Waals surface area contributed by atoms with Crippen LogP contribution in [0.4, 0.5) is 22.7 Å². The van der Waals surface area contributed by atoms with Crippen LogP contribution in [0.5, 0.6) is 11.5 Å². The molecule has 0 aromatic heterocycles. The molecule has 2 N–H and O–H groups in total. The topological polar surface area (TPSA) is 319 Å². The average molecular weight is 1050 g/mol. The van der Waals surface area contributed by atoms with Crippen LogP contribution in [0.3, 0.4) is 0 Å². The Hall–Kier alpha value is -2.50. The van der Waals surface area contributed by atoms with Crippen LogP contribution in [0.1, 0.15) is 44.9 Å². The molecule has 18 nitrogen and oxygen atoms in total. The second kappa shape index (κ2) is 23.1. The third kappa shape index (κ3) is 13.2. The van der Waals surface area contributed by atoms with Gasteiger partial charge in [-0.3, -0.25) is 9.11 Å². The molecular weight excluding hydrogens is 1020 g/mol. The molecule has 26 heteroatoms. The van der Waals surface area contributed by atoms with E-state index in [4.69, 9.17) is 0 Å². The summed E-state index contributed by atoms with van der Waals surface area (Å²) >= 11 is 0. The van der Waals surface area contributed by atoms with Crippen LogP contribution >= 0.6 is 0 Å². The molecule has 7 aromatic rings. The summed E-state index contributed by atoms with van der Waals surface area (Å²) in [5.74, 6) is -2.87. The summed E-state index contributed by atoms with van der Waals surface area (Å²) in [6, 6.07) is 23.8. The number of hydrogen-bond donors (Lipinski definition) is 2. The maximum Gasteiger partial charge on any atom is 1.00 e. The average Bonchev–Trinajstić information content (AvgIpc) is 3.21. The van der Waals surface area contributed by atoms with E-state index in [0.29, 0.717) is 22.3 Å². The van der Waals surface area contributed by atoms with Crippen LogP contribution in [-0.4, -0.2) is 51.9 Å². The number of rotatable bonds is 11. The molecule has 0 bridgehead atoms. The molecule has 0 fully saturated rings. The van der Waals surface area contributed by atoms with E-state index in [1.54, 1.807) is 26.0 Å². The van der Waals surface area contributed by atoms with Gasteiger partial charge in [0.2, 0.25) is 0 Å². The van der Waals surface area contributed by atoms with Crippen molar-refractivity contribution in [3.63, 3.8) is 0 Å². The van der Waals surface area contributed by atoms with Gasteiger partial charge in [0.25, 0.3) is 20.2 Å². The zero-order chi connectivity index (χ0) is 47.6. The monoisotopic (exact) mass is 1050 g/mol. The molecule has 0 heterocycles. The quantitative estimate of drug-likeness (QED) is 0.0536. The second-order valence-corrected chi connectivity index (χ2v) is 20.5. The van der Waals surface area contributed by atoms with Gasteiger partial charge in [-0.1, -0.05) is 66.1 Å². The largest absolute Gasteiger partial charge is 1.00 e. The predicted octanol–water partition coefficient (Wildman–Crippen LogP) is -4.30. The zero-order valence-electron chi connectivity index (χ0n) is 38.1. The molecule has 0 aliphatic heterocycles. The molecule has 0 spiro atoms. The van der Waals surface area contributed by atoms with Gasteiger partial charge in [0.05, 0.1) is 42.3 Å². The minimum atomic E-state index is -5.13. The molecule has 336 valence electrons. The Kier molecular flexibility index (Phi) is 20.4. The molecule has 0 saturated heterocycles. The maximum absolute atomic E-state index is 13.3. The van der Waals surface area contributed by atoms with Gasteiger partial charge in [0.15, 0.2) is 0 Å². The number of hydrogen-bond acceptors (Lipinski definition) is 16. The van der Waals surface area contributed by atoms with Crippen LogP contribution in [0.15, 0.2) is 143 Å². The molecule has 0 saturated carbocycles. The van der Waals surface area contributed by atoms with Crippen molar-refractivity contribution in [3.8, 4) is 11.5 Å². The molecule has 0 unspecified atom stereocenters. The summed E-state index contributed by atoms with van der Waals surface area (Å²) in [4.78, 5) is -3.61. The first kappa shape index (κ1) is 60.8. The van der Waals surface area contributed by atoms with Crippen LogP contribution in [-0.2, 0) is 40.5 Å². The Morgan fingerprint density at radius 3 is 1.16 bits per heavy atom. The van der Waals surface area contributed by atoms with E-state index in [1.165, 1.54) is 0 Å². The van der Waals surface area contributed by atoms with Crippen molar-refractivity contribution >= 4 is 84.8 Å². The van der Waals surface area contributed by atoms with E-state index >= 15 is 0 Å².